The molecule has 12 nitrogen and oxygen atoms in total. The lowest BCUT2D eigenvalue weighted by molar-refractivity contribution is -0.298. The molecule has 1 aliphatic rings. The number of hydrogen-bond acceptors (Lipinski definition) is 10. The van der Waals surface area contributed by atoms with Crippen molar-refractivity contribution in [3.63, 3.8) is 0 Å². The monoisotopic (exact) mass is 836 g/mol. The molecule has 0 saturated carbocycles. The number of unbranched alkanes of at least 4 members (excludes halogenated alkanes) is 27. The number of rotatable bonds is 39. The lowest BCUT2D eigenvalue weighted by Gasteiger charge is -2.41. The molecule has 7 unspecified atom stereocenters. The Labute approximate surface area is 347 Å². The maximum Gasteiger partial charge on any atom is 0.397 e. The maximum atomic E-state index is 13.0. The minimum atomic E-state index is -5.08. The Morgan fingerprint density at radius 3 is 1.53 bits per heavy atom. The van der Waals surface area contributed by atoms with Crippen molar-refractivity contribution in [2.75, 3.05) is 13.2 Å². The minimum Gasteiger partial charge on any atom is -0.394 e. The molecule has 1 saturated heterocycles. The van der Waals surface area contributed by atoms with Crippen LogP contribution in [0.5, 0.6) is 0 Å². The van der Waals surface area contributed by atoms with Gasteiger partial charge < -0.3 is 35.2 Å². The summed E-state index contributed by atoms with van der Waals surface area (Å²) in [4.78, 5) is 13.0. The van der Waals surface area contributed by atoms with Crippen LogP contribution in [-0.2, 0) is 28.9 Å². The third kappa shape index (κ3) is 28.9. The highest BCUT2D eigenvalue weighted by molar-refractivity contribution is 7.80. The molecule has 1 heterocycles. The van der Waals surface area contributed by atoms with Crippen LogP contribution in [0.3, 0.4) is 0 Å². The second kappa shape index (κ2) is 35.6. The van der Waals surface area contributed by atoms with Crippen molar-refractivity contribution in [1.82, 2.24) is 5.32 Å². The molecular weight excluding hydrogens is 751 g/mol. The third-order valence-corrected chi connectivity index (χ3v) is 11.5. The summed E-state index contributed by atoms with van der Waals surface area (Å²) in [6.45, 7) is 3.38. The molecule has 0 spiro atoms. The molecule has 0 bridgehead atoms. The summed E-state index contributed by atoms with van der Waals surface area (Å²) in [5.41, 5.74) is 0. The molecule has 0 aliphatic carbocycles. The molecule has 0 aromatic carbocycles. The average molecular weight is 836 g/mol. The Balaban J connectivity index is 2.51. The van der Waals surface area contributed by atoms with Crippen molar-refractivity contribution in [3.05, 3.63) is 12.2 Å². The van der Waals surface area contributed by atoms with Gasteiger partial charge >= 0.3 is 10.4 Å². The summed E-state index contributed by atoms with van der Waals surface area (Å²) in [5.74, 6) is -0.260. The molecule has 7 atom stereocenters. The SMILES string of the molecule is CCCCCCCCCCCCCC=CC(O)C(COC1OC(CO)C(O)C(OS(=O)(=O)O)C1O)NC(=O)CCCCCCCCCCCCCCCCCCC. The zero-order chi connectivity index (χ0) is 42.0. The Hall–Kier alpha value is -1.16. The second-order valence-electron chi connectivity index (χ2n) is 16.4. The van der Waals surface area contributed by atoms with E-state index in [1.165, 1.54) is 141 Å². The van der Waals surface area contributed by atoms with Gasteiger partial charge in [-0.15, -0.1) is 0 Å². The van der Waals surface area contributed by atoms with Gasteiger partial charge in [0.25, 0.3) is 0 Å². The van der Waals surface area contributed by atoms with Gasteiger partial charge in [-0.05, 0) is 19.3 Å². The van der Waals surface area contributed by atoms with Crippen LogP contribution in [-0.4, -0.2) is 95.4 Å². The van der Waals surface area contributed by atoms with E-state index < -0.39 is 59.9 Å². The smallest absolute Gasteiger partial charge is 0.394 e. The number of aliphatic hydroxyl groups excluding tert-OH is 4. The first-order chi connectivity index (χ1) is 27.5. The van der Waals surface area contributed by atoms with Crippen LogP contribution < -0.4 is 5.32 Å². The van der Waals surface area contributed by atoms with Crippen molar-refractivity contribution in [2.45, 2.75) is 249 Å². The first kappa shape index (κ1) is 53.9. The number of ether oxygens (including phenoxy) is 2. The van der Waals surface area contributed by atoms with E-state index in [1.807, 2.05) is 6.08 Å². The van der Waals surface area contributed by atoms with Gasteiger partial charge in [0.15, 0.2) is 6.29 Å². The van der Waals surface area contributed by atoms with E-state index in [0.29, 0.717) is 6.42 Å². The van der Waals surface area contributed by atoms with Gasteiger partial charge in [0.1, 0.15) is 24.4 Å². The van der Waals surface area contributed by atoms with Crippen LogP contribution >= 0.6 is 0 Å². The Morgan fingerprint density at radius 2 is 1.11 bits per heavy atom. The van der Waals surface area contributed by atoms with E-state index in [-0.39, 0.29) is 18.9 Å². The van der Waals surface area contributed by atoms with Crippen molar-refractivity contribution in [3.8, 4) is 0 Å². The number of carbonyl (C=O) groups excluding carboxylic acids is 1. The number of nitrogens with one attached hydrogen (secondary N) is 1. The summed E-state index contributed by atoms with van der Waals surface area (Å²) >= 11 is 0. The largest absolute Gasteiger partial charge is 0.397 e. The van der Waals surface area contributed by atoms with E-state index >= 15 is 0 Å². The van der Waals surface area contributed by atoms with Crippen LogP contribution in [0.2, 0.25) is 0 Å². The number of hydrogen-bond donors (Lipinski definition) is 6. The van der Waals surface area contributed by atoms with Crippen molar-refractivity contribution >= 4 is 16.3 Å². The summed E-state index contributed by atoms with van der Waals surface area (Å²) in [6, 6.07) is -0.937. The molecule has 1 amide bonds. The normalized spacial score (nSPS) is 21.3. The summed E-state index contributed by atoms with van der Waals surface area (Å²) in [6.07, 6.45) is 29.6. The molecule has 0 radical (unpaired) electrons. The third-order valence-electron chi connectivity index (χ3n) is 11.1. The van der Waals surface area contributed by atoms with E-state index in [2.05, 4.69) is 23.3 Å². The lowest BCUT2D eigenvalue weighted by Crippen LogP contribution is -2.61. The fourth-order valence-corrected chi connectivity index (χ4v) is 7.96. The van der Waals surface area contributed by atoms with E-state index in [1.54, 1.807) is 6.08 Å². The summed E-state index contributed by atoms with van der Waals surface area (Å²) < 4.78 is 47.5. The number of amides is 1. The first-order valence-electron chi connectivity index (χ1n) is 23.1. The maximum absolute atomic E-state index is 13.0. The van der Waals surface area contributed by atoms with Gasteiger partial charge in [-0.1, -0.05) is 193 Å². The standard InChI is InChI=1S/C44H85NO11S/c1-3-5-7-9-11-13-15-17-18-19-20-22-24-26-28-30-32-34-40(48)45-37(38(47)33-31-29-27-25-23-21-16-14-12-10-8-6-4-2)36-54-44-42(50)43(56-57(51,52)53)41(49)39(35-46)55-44/h31,33,37-39,41-44,46-47,49-50H,3-30,32,34-36H2,1-2H3,(H,45,48)(H,51,52,53). The Kier molecular flexibility index (Phi) is 33.6. The van der Waals surface area contributed by atoms with E-state index in [4.69, 9.17) is 14.0 Å². The zero-order valence-corrected chi connectivity index (χ0v) is 36.7. The highest BCUT2D eigenvalue weighted by Crippen LogP contribution is 2.26. The molecule has 1 fully saturated rings. The van der Waals surface area contributed by atoms with Crippen molar-refractivity contribution in [1.29, 1.82) is 0 Å². The van der Waals surface area contributed by atoms with Gasteiger partial charge in [-0.2, -0.15) is 8.42 Å². The van der Waals surface area contributed by atoms with Crippen LogP contribution in [0.1, 0.15) is 206 Å². The minimum absolute atomic E-state index is 0.260. The predicted octanol–water partition coefficient (Wildman–Crippen LogP) is 8.77. The van der Waals surface area contributed by atoms with E-state index in [9.17, 15) is 33.6 Å². The van der Waals surface area contributed by atoms with E-state index in [0.717, 1.165) is 38.5 Å². The number of allylic oxidation sites excluding steroid dienone is 1. The van der Waals surface area contributed by atoms with Crippen molar-refractivity contribution < 1.29 is 51.8 Å². The van der Waals surface area contributed by atoms with Gasteiger partial charge in [0.05, 0.1) is 25.4 Å². The molecule has 6 N–H and O–H groups in total. The highest BCUT2D eigenvalue weighted by atomic mass is 32.3. The second-order valence-corrected chi connectivity index (χ2v) is 17.4. The van der Waals surface area contributed by atoms with Crippen LogP contribution in [0.15, 0.2) is 12.2 Å². The van der Waals surface area contributed by atoms with Crippen LogP contribution in [0.25, 0.3) is 0 Å². The molecular formula is C44H85NO11S. The zero-order valence-electron chi connectivity index (χ0n) is 35.9. The van der Waals surface area contributed by atoms with Gasteiger partial charge in [-0.3, -0.25) is 9.35 Å². The highest BCUT2D eigenvalue weighted by Gasteiger charge is 2.48. The average Bonchev–Trinajstić information content (AvgIpc) is 3.18. The first-order valence-corrected chi connectivity index (χ1v) is 24.4. The fourth-order valence-electron chi connectivity index (χ4n) is 7.45. The molecule has 0 aromatic heterocycles. The lowest BCUT2D eigenvalue weighted by atomic mass is 9.99. The van der Waals surface area contributed by atoms with Crippen LogP contribution in [0, 0.1) is 0 Å². The fraction of sp³-hybridized carbons (Fsp3) is 0.932. The molecule has 1 aliphatic heterocycles. The summed E-state index contributed by atoms with van der Waals surface area (Å²) in [5, 5.41) is 44.6. The van der Waals surface area contributed by atoms with Crippen LogP contribution in [0.4, 0.5) is 0 Å². The topological polar surface area (TPSA) is 192 Å². The van der Waals surface area contributed by atoms with Crippen molar-refractivity contribution in [2.24, 2.45) is 0 Å². The number of carbonyl (C=O) groups is 1. The summed E-state index contributed by atoms with van der Waals surface area (Å²) in [7, 11) is -5.08. The molecule has 13 heteroatoms. The Bertz CT molecular complexity index is 1080. The quantitative estimate of drug-likeness (QED) is 0.0197. The number of aliphatic hydroxyl groups is 4. The molecule has 1 rings (SSSR count). The predicted molar refractivity (Wildman–Crippen MR) is 227 cm³/mol. The molecule has 0 aromatic rings. The molecule has 338 valence electrons. The van der Waals surface area contributed by atoms with Gasteiger partial charge in [0, 0.05) is 6.42 Å². The van der Waals surface area contributed by atoms with Gasteiger partial charge in [0.2, 0.25) is 5.91 Å². The van der Waals surface area contributed by atoms with Gasteiger partial charge in [-0.25, -0.2) is 4.18 Å². The molecule has 57 heavy (non-hydrogen) atoms. The Morgan fingerprint density at radius 1 is 0.684 bits per heavy atom.